The smallest absolute Gasteiger partial charge is 0.180 e. The first-order valence-corrected chi connectivity index (χ1v) is 4.83. The number of aromatic nitrogens is 2. The first-order valence-electron chi connectivity index (χ1n) is 4.02. The molecular formula is C9H9N3OS. The molecule has 0 amide bonds. The maximum absolute atomic E-state index is 5.55. The lowest BCUT2D eigenvalue weighted by atomic mass is 10.3. The Bertz CT molecular complexity index is 441. The number of thiazole rings is 1. The number of ether oxygens (including phenoxy) is 1. The minimum atomic E-state index is 0.535. The summed E-state index contributed by atoms with van der Waals surface area (Å²) in [5.41, 5.74) is 6.33. The fourth-order valence-corrected chi connectivity index (χ4v) is 1.82. The number of hydrogen-bond acceptors (Lipinski definition) is 5. The lowest BCUT2D eigenvalue weighted by Gasteiger charge is -2.03. The zero-order valence-corrected chi connectivity index (χ0v) is 8.41. The lowest BCUT2D eigenvalue weighted by molar-refractivity contribution is 0.415. The topological polar surface area (TPSA) is 61.0 Å². The van der Waals surface area contributed by atoms with Crippen molar-refractivity contribution in [2.45, 2.75) is 0 Å². The summed E-state index contributed by atoms with van der Waals surface area (Å²) in [5.74, 6) is 0.733. The van der Waals surface area contributed by atoms with Crippen LogP contribution in [-0.2, 0) is 0 Å². The highest BCUT2D eigenvalue weighted by Crippen LogP contribution is 2.31. The molecule has 0 saturated carbocycles. The molecule has 2 heterocycles. The number of methoxy groups -OCH3 is 1. The van der Waals surface area contributed by atoms with E-state index in [1.54, 1.807) is 19.5 Å². The maximum atomic E-state index is 5.55. The number of nitrogen functional groups attached to an aromatic ring is 1. The molecule has 2 N–H and O–H groups in total. The van der Waals surface area contributed by atoms with Crippen LogP contribution in [0.5, 0.6) is 5.75 Å². The first-order chi connectivity index (χ1) is 6.81. The molecule has 0 bridgehead atoms. The van der Waals surface area contributed by atoms with Crippen molar-refractivity contribution in [1.82, 2.24) is 9.97 Å². The van der Waals surface area contributed by atoms with E-state index in [1.165, 1.54) is 11.3 Å². The van der Waals surface area contributed by atoms with E-state index in [9.17, 15) is 0 Å². The van der Waals surface area contributed by atoms with Gasteiger partial charge in [0.25, 0.3) is 0 Å². The molecule has 0 atom stereocenters. The quantitative estimate of drug-likeness (QED) is 0.815. The van der Waals surface area contributed by atoms with E-state index in [1.807, 2.05) is 12.1 Å². The Morgan fingerprint density at radius 1 is 1.43 bits per heavy atom. The van der Waals surface area contributed by atoms with Gasteiger partial charge in [0.1, 0.15) is 11.4 Å². The molecule has 5 heteroatoms. The number of rotatable bonds is 2. The molecule has 72 valence electrons. The van der Waals surface area contributed by atoms with E-state index in [0.717, 1.165) is 16.3 Å². The Morgan fingerprint density at radius 2 is 2.29 bits per heavy atom. The summed E-state index contributed by atoms with van der Waals surface area (Å²) in [6, 6.07) is 3.69. The lowest BCUT2D eigenvalue weighted by Crippen LogP contribution is -1.88. The van der Waals surface area contributed by atoms with Crippen molar-refractivity contribution >= 4 is 16.5 Å². The minimum Gasteiger partial charge on any atom is -0.494 e. The molecule has 0 radical (unpaired) electrons. The summed E-state index contributed by atoms with van der Waals surface area (Å²) >= 11 is 1.39. The van der Waals surface area contributed by atoms with Crippen LogP contribution in [0, 0.1) is 0 Å². The van der Waals surface area contributed by atoms with Crippen molar-refractivity contribution in [1.29, 1.82) is 0 Å². The predicted molar refractivity (Wildman–Crippen MR) is 56.3 cm³/mol. The molecular weight excluding hydrogens is 198 g/mol. The Hall–Kier alpha value is -1.62. The van der Waals surface area contributed by atoms with Crippen molar-refractivity contribution in [2.75, 3.05) is 12.8 Å². The van der Waals surface area contributed by atoms with Gasteiger partial charge in [-0.2, -0.15) is 0 Å². The minimum absolute atomic E-state index is 0.535. The normalized spacial score (nSPS) is 10.1. The molecule has 2 rings (SSSR count). The summed E-state index contributed by atoms with van der Waals surface area (Å²) in [6.45, 7) is 0. The van der Waals surface area contributed by atoms with E-state index in [4.69, 9.17) is 10.5 Å². The SMILES string of the molecule is COc1cccnc1-c1cnc(N)s1. The predicted octanol–water partition coefficient (Wildman–Crippen LogP) is 1.80. The highest BCUT2D eigenvalue weighted by molar-refractivity contribution is 7.18. The van der Waals surface area contributed by atoms with Crippen LogP contribution in [0.1, 0.15) is 0 Å². The van der Waals surface area contributed by atoms with Crippen molar-refractivity contribution in [3.8, 4) is 16.3 Å². The zero-order chi connectivity index (χ0) is 9.97. The van der Waals surface area contributed by atoms with E-state index in [0.29, 0.717) is 5.13 Å². The van der Waals surface area contributed by atoms with Crippen molar-refractivity contribution in [2.24, 2.45) is 0 Å². The third-order valence-electron chi connectivity index (χ3n) is 1.75. The molecule has 0 aromatic carbocycles. The summed E-state index contributed by atoms with van der Waals surface area (Å²) in [7, 11) is 1.62. The zero-order valence-electron chi connectivity index (χ0n) is 7.60. The first kappa shape index (κ1) is 8.96. The monoisotopic (exact) mass is 207 g/mol. The van der Waals surface area contributed by atoms with Crippen LogP contribution in [0.4, 0.5) is 5.13 Å². The summed E-state index contributed by atoms with van der Waals surface area (Å²) in [5, 5.41) is 0.535. The van der Waals surface area contributed by atoms with Gasteiger partial charge in [-0.3, -0.25) is 4.98 Å². The summed E-state index contributed by atoms with van der Waals surface area (Å²) in [4.78, 5) is 9.11. The Morgan fingerprint density at radius 3 is 2.93 bits per heavy atom. The molecule has 0 fully saturated rings. The van der Waals surface area contributed by atoms with Crippen LogP contribution in [0.2, 0.25) is 0 Å². The van der Waals surface area contributed by atoms with Gasteiger partial charge in [-0.25, -0.2) is 4.98 Å². The Kier molecular flexibility index (Phi) is 2.32. The van der Waals surface area contributed by atoms with E-state index in [2.05, 4.69) is 9.97 Å². The molecule has 0 saturated heterocycles. The van der Waals surface area contributed by atoms with Gasteiger partial charge >= 0.3 is 0 Å². The van der Waals surface area contributed by atoms with Crippen LogP contribution in [0.3, 0.4) is 0 Å². The molecule has 2 aromatic heterocycles. The van der Waals surface area contributed by atoms with Gasteiger partial charge in [-0.15, -0.1) is 0 Å². The van der Waals surface area contributed by atoms with Crippen LogP contribution < -0.4 is 10.5 Å². The fraction of sp³-hybridized carbons (Fsp3) is 0.111. The second-order valence-corrected chi connectivity index (χ2v) is 3.68. The van der Waals surface area contributed by atoms with Gasteiger partial charge in [-0.05, 0) is 12.1 Å². The number of anilines is 1. The van der Waals surface area contributed by atoms with Gasteiger partial charge < -0.3 is 10.5 Å². The average molecular weight is 207 g/mol. The number of pyridine rings is 1. The van der Waals surface area contributed by atoms with E-state index in [-0.39, 0.29) is 0 Å². The molecule has 0 aliphatic rings. The van der Waals surface area contributed by atoms with Crippen LogP contribution in [-0.4, -0.2) is 17.1 Å². The van der Waals surface area contributed by atoms with Crippen LogP contribution in [0.15, 0.2) is 24.5 Å². The largest absolute Gasteiger partial charge is 0.494 e. The maximum Gasteiger partial charge on any atom is 0.180 e. The summed E-state index contributed by atoms with van der Waals surface area (Å²) in [6.07, 6.45) is 3.42. The molecule has 2 aromatic rings. The van der Waals surface area contributed by atoms with Gasteiger partial charge in [0, 0.05) is 12.4 Å². The number of nitrogens with zero attached hydrogens (tertiary/aromatic N) is 2. The highest BCUT2D eigenvalue weighted by atomic mass is 32.1. The van der Waals surface area contributed by atoms with Gasteiger partial charge in [0.15, 0.2) is 5.13 Å². The molecule has 0 spiro atoms. The van der Waals surface area contributed by atoms with Crippen molar-refractivity contribution in [3.05, 3.63) is 24.5 Å². The Labute approximate surface area is 85.4 Å². The standard InChI is InChI=1S/C9H9N3OS/c1-13-6-3-2-4-11-8(6)7-5-12-9(10)14-7/h2-5H,1H3,(H2,10,12). The molecule has 14 heavy (non-hydrogen) atoms. The van der Waals surface area contributed by atoms with Crippen LogP contribution in [0.25, 0.3) is 10.6 Å². The molecule has 0 unspecified atom stereocenters. The molecule has 4 nitrogen and oxygen atoms in total. The Balaban J connectivity index is 2.50. The van der Waals surface area contributed by atoms with Gasteiger partial charge in [0.2, 0.25) is 0 Å². The third kappa shape index (κ3) is 1.54. The average Bonchev–Trinajstić information content (AvgIpc) is 2.65. The van der Waals surface area contributed by atoms with Gasteiger partial charge in [-0.1, -0.05) is 11.3 Å². The van der Waals surface area contributed by atoms with E-state index >= 15 is 0 Å². The van der Waals surface area contributed by atoms with Crippen molar-refractivity contribution < 1.29 is 4.74 Å². The number of hydrogen-bond donors (Lipinski definition) is 1. The fourth-order valence-electron chi connectivity index (χ4n) is 1.14. The highest BCUT2D eigenvalue weighted by Gasteiger charge is 2.08. The second-order valence-electron chi connectivity index (χ2n) is 2.62. The summed E-state index contributed by atoms with van der Waals surface area (Å²) < 4.78 is 5.18. The van der Waals surface area contributed by atoms with Gasteiger partial charge in [0.05, 0.1) is 12.0 Å². The van der Waals surface area contributed by atoms with E-state index < -0.39 is 0 Å². The second kappa shape index (κ2) is 3.63. The molecule has 0 aliphatic heterocycles. The van der Waals surface area contributed by atoms with Crippen molar-refractivity contribution in [3.63, 3.8) is 0 Å². The number of nitrogens with two attached hydrogens (primary N) is 1. The third-order valence-corrected chi connectivity index (χ3v) is 2.58. The molecule has 0 aliphatic carbocycles. The van der Waals surface area contributed by atoms with Crippen LogP contribution >= 0.6 is 11.3 Å².